The molecule has 4 nitrogen and oxygen atoms in total. The molecule has 4 heteroatoms. The summed E-state index contributed by atoms with van der Waals surface area (Å²) < 4.78 is 10.9. The van der Waals surface area contributed by atoms with Gasteiger partial charge in [0.1, 0.15) is 0 Å². The standard InChI is InChI=1S/C17H24N2O2/c1-2-9-18-14(5-1)13-4-3-6-15(13)19-12-7-8-16-17(10-12)21-11-20-16/h7-8,10,13-15,18-19H,1-6,9,11H2. The summed E-state index contributed by atoms with van der Waals surface area (Å²) in [7, 11) is 0. The van der Waals surface area contributed by atoms with E-state index in [0.717, 1.165) is 23.1 Å². The zero-order chi connectivity index (χ0) is 14.1. The first-order chi connectivity index (χ1) is 10.4. The van der Waals surface area contributed by atoms with E-state index < -0.39 is 0 Å². The molecule has 3 unspecified atom stereocenters. The molecule has 2 aliphatic heterocycles. The van der Waals surface area contributed by atoms with E-state index in [9.17, 15) is 0 Å². The van der Waals surface area contributed by atoms with Gasteiger partial charge in [-0.1, -0.05) is 12.8 Å². The lowest BCUT2D eigenvalue weighted by Crippen LogP contribution is -2.44. The zero-order valence-electron chi connectivity index (χ0n) is 12.4. The van der Waals surface area contributed by atoms with E-state index in [4.69, 9.17) is 9.47 Å². The fourth-order valence-corrected chi connectivity index (χ4v) is 4.09. The van der Waals surface area contributed by atoms with Gasteiger partial charge in [-0.3, -0.25) is 0 Å². The molecule has 0 spiro atoms. The summed E-state index contributed by atoms with van der Waals surface area (Å²) in [5.41, 5.74) is 1.16. The fourth-order valence-electron chi connectivity index (χ4n) is 4.09. The van der Waals surface area contributed by atoms with Crippen LogP contribution in [-0.4, -0.2) is 25.4 Å². The Morgan fingerprint density at radius 2 is 1.95 bits per heavy atom. The molecular weight excluding hydrogens is 264 g/mol. The topological polar surface area (TPSA) is 42.5 Å². The molecule has 3 aliphatic rings. The van der Waals surface area contributed by atoms with Gasteiger partial charge in [-0.05, 0) is 50.3 Å². The van der Waals surface area contributed by atoms with Crippen molar-refractivity contribution < 1.29 is 9.47 Å². The quantitative estimate of drug-likeness (QED) is 0.896. The van der Waals surface area contributed by atoms with Crippen molar-refractivity contribution in [2.24, 2.45) is 5.92 Å². The van der Waals surface area contributed by atoms with Crippen LogP contribution < -0.4 is 20.1 Å². The number of ether oxygens (including phenoxy) is 2. The summed E-state index contributed by atoms with van der Waals surface area (Å²) in [5, 5.41) is 7.48. The zero-order valence-corrected chi connectivity index (χ0v) is 12.4. The predicted octanol–water partition coefficient (Wildman–Crippen LogP) is 3.14. The number of piperidine rings is 1. The van der Waals surface area contributed by atoms with Gasteiger partial charge in [0.25, 0.3) is 0 Å². The SMILES string of the molecule is c1cc2c(cc1NC1CCCC1C1CCCCN1)OCO2. The number of anilines is 1. The third kappa shape index (κ3) is 2.69. The Labute approximate surface area is 126 Å². The minimum absolute atomic E-state index is 0.344. The van der Waals surface area contributed by atoms with E-state index >= 15 is 0 Å². The molecule has 1 saturated heterocycles. The Balaban J connectivity index is 1.45. The van der Waals surface area contributed by atoms with Gasteiger partial charge in [0.2, 0.25) is 6.79 Å². The Hall–Kier alpha value is -1.42. The first kappa shape index (κ1) is 13.3. The molecule has 0 amide bonds. The van der Waals surface area contributed by atoms with Crippen molar-refractivity contribution in [3.63, 3.8) is 0 Å². The van der Waals surface area contributed by atoms with E-state index in [-0.39, 0.29) is 0 Å². The minimum Gasteiger partial charge on any atom is -0.454 e. The number of rotatable bonds is 3. The fraction of sp³-hybridized carbons (Fsp3) is 0.647. The van der Waals surface area contributed by atoms with Crippen molar-refractivity contribution in [1.82, 2.24) is 5.32 Å². The molecule has 1 aromatic rings. The summed E-state index contributed by atoms with van der Waals surface area (Å²) in [4.78, 5) is 0. The lowest BCUT2D eigenvalue weighted by Gasteiger charge is -2.33. The minimum atomic E-state index is 0.344. The normalized spacial score (nSPS) is 31.3. The second kappa shape index (κ2) is 5.76. The maximum absolute atomic E-state index is 5.47. The molecule has 0 radical (unpaired) electrons. The van der Waals surface area contributed by atoms with Crippen LogP contribution in [0.3, 0.4) is 0 Å². The highest BCUT2D eigenvalue weighted by Crippen LogP contribution is 2.37. The number of hydrogen-bond acceptors (Lipinski definition) is 4. The van der Waals surface area contributed by atoms with Crippen molar-refractivity contribution in [2.75, 3.05) is 18.7 Å². The van der Waals surface area contributed by atoms with E-state index in [2.05, 4.69) is 22.8 Å². The van der Waals surface area contributed by atoms with Crippen molar-refractivity contribution in [1.29, 1.82) is 0 Å². The molecule has 4 rings (SSSR count). The molecular formula is C17H24N2O2. The summed E-state index contributed by atoms with van der Waals surface area (Å²) in [5.74, 6) is 2.48. The summed E-state index contributed by atoms with van der Waals surface area (Å²) >= 11 is 0. The van der Waals surface area contributed by atoms with Gasteiger partial charge >= 0.3 is 0 Å². The van der Waals surface area contributed by atoms with Gasteiger partial charge in [-0.15, -0.1) is 0 Å². The van der Waals surface area contributed by atoms with Crippen LogP contribution in [0.15, 0.2) is 18.2 Å². The highest BCUT2D eigenvalue weighted by atomic mass is 16.7. The van der Waals surface area contributed by atoms with Gasteiger partial charge in [0.05, 0.1) is 0 Å². The van der Waals surface area contributed by atoms with Gasteiger partial charge in [-0.25, -0.2) is 0 Å². The van der Waals surface area contributed by atoms with Crippen LogP contribution in [0.2, 0.25) is 0 Å². The molecule has 0 aromatic heterocycles. The van der Waals surface area contributed by atoms with Crippen molar-refractivity contribution in [3.8, 4) is 11.5 Å². The summed E-state index contributed by atoms with van der Waals surface area (Å²) in [6, 6.07) is 7.48. The third-order valence-electron chi connectivity index (χ3n) is 5.16. The van der Waals surface area contributed by atoms with Gasteiger partial charge in [-0.2, -0.15) is 0 Å². The molecule has 114 valence electrons. The van der Waals surface area contributed by atoms with Crippen molar-refractivity contribution >= 4 is 5.69 Å². The first-order valence-corrected chi connectivity index (χ1v) is 8.30. The highest BCUT2D eigenvalue weighted by molar-refractivity contribution is 5.56. The molecule has 3 atom stereocenters. The number of nitrogens with one attached hydrogen (secondary N) is 2. The summed E-state index contributed by atoms with van der Waals surface area (Å²) in [6.45, 7) is 1.54. The van der Waals surface area contributed by atoms with Crippen LogP contribution in [0.1, 0.15) is 38.5 Å². The Morgan fingerprint density at radius 1 is 1.00 bits per heavy atom. The van der Waals surface area contributed by atoms with Gasteiger partial charge in [0, 0.05) is 23.8 Å². The molecule has 2 N–H and O–H groups in total. The van der Waals surface area contributed by atoms with Crippen LogP contribution in [0.5, 0.6) is 11.5 Å². The predicted molar refractivity (Wildman–Crippen MR) is 83.0 cm³/mol. The first-order valence-electron chi connectivity index (χ1n) is 8.30. The largest absolute Gasteiger partial charge is 0.454 e. The molecule has 2 heterocycles. The van der Waals surface area contributed by atoms with Crippen LogP contribution in [-0.2, 0) is 0 Å². The Bertz CT molecular complexity index is 500. The third-order valence-corrected chi connectivity index (χ3v) is 5.16. The maximum Gasteiger partial charge on any atom is 0.231 e. The Kier molecular flexibility index (Phi) is 3.63. The summed E-state index contributed by atoms with van der Waals surface area (Å²) in [6.07, 6.45) is 8.01. The maximum atomic E-state index is 5.47. The number of fused-ring (bicyclic) bond motifs is 1. The van der Waals surface area contributed by atoms with Crippen LogP contribution >= 0.6 is 0 Å². The van der Waals surface area contributed by atoms with E-state index in [1.54, 1.807) is 0 Å². The van der Waals surface area contributed by atoms with Gasteiger partial charge < -0.3 is 20.1 Å². The van der Waals surface area contributed by atoms with E-state index in [1.165, 1.54) is 45.1 Å². The van der Waals surface area contributed by atoms with Crippen molar-refractivity contribution in [2.45, 2.75) is 50.6 Å². The van der Waals surface area contributed by atoms with E-state index in [0.29, 0.717) is 18.9 Å². The lowest BCUT2D eigenvalue weighted by atomic mass is 9.88. The van der Waals surface area contributed by atoms with Crippen molar-refractivity contribution in [3.05, 3.63) is 18.2 Å². The molecule has 1 aliphatic carbocycles. The Morgan fingerprint density at radius 3 is 2.86 bits per heavy atom. The van der Waals surface area contributed by atoms with Crippen LogP contribution in [0.25, 0.3) is 0 Å². The average molecular weight is 288 g/mol. The second-order valence-corrected chi connectivity index (χ2v) is 6.47. The highest BCUT2D eigenvalue weighted by Gasteiger charge is 2.34. The van der Waals surface area contributed by atoms with E-state index in [1.807, 2.05) is 6.07 Å². The molecule has 1 aromatic carbocycles. The lowest BCUT2D eigenvalue weighted by molar-refractivity contribution is 0.174. The van der Waals surface area contributed by atoms with Crippen LogP contribution in [0, 0.1) is 5.92 Å². The molecule has 2 fully saturated rings. The number of hydrogen-bond donors (Lipinski definition) is 2. The number of benzene rings is 1. The van der Waals surface area contributed by atoms with Crippen LogP contribution in [0.4, 0.5) is 5.69 Å². The monoisotopic (exact) mass is 288 g/mol. The molecule has 1 saturated carbocycles. The molecule has 21 heavy (non-hydrogen) atoms. The second-order valence-electron chi connectivity index (χ2n) is 6.47. The van der Waals surface area contributed by atoms with Gasteiger partial charge in [0.15, 0.2) is 11.5 Å². The smallest absolute Gasteiger partial charge is 0.231 e. The average Bonchev–Trinajstić information content (AvgIpc) is 3.16. The molecule has 0 bridgehead atoms.